The van der Waals surface area contributed by atoms with Crippen LogP contribution in [0.5, 0.6) is 0 Å². The molecule has 5 rings (SSSR count). The zero-order chi connectivity index (χ0) is 21.2. The van der Waals surface area contributed by atoms with E-state index < -0.39 is 0 Å². The molecule has 6 heteroatoms. The van der Waals surface area contributed by atoms with Crippen LogP contribution in [0.3, 0.4) is 0 Å². The average molecular weight is 420 g/mol. The minimum Gasteiger partial charge on any atom is -0.303 e. The summed E-state index contributed by atoms with van der Waals surface area (Å²) in [5.41, 5.74) is 1.75. The van der Waals surface area contributed by atoms with Gasteiger partial charge in [0.05, 0.1) is 5.69 Å². The van der Waals surface area contributed by atoms with Gasteiger partial charge in [-0.05, 0) is 56.8 Å². The van der Waals surface area contributed by atoms with Crippen LogP contribution in [0.15, 0.2) is 35.4 Å². The number of hydrogen-bond acceptors (Lipinski definition) is 4. The molecule has 164 valence electrons. The van der Waals surface area contributed by atoms with Gasteiger partial charge < -0.3 is 4.90 Å². The number of rotatable bonds is 5. The zero-order valence-corrected chi connectivity index (χ0v) is 18.5. The highest BCUT2D eigenvalue weighted by atomic mass is 16.1. The molecule has 6 nitrogen and oxygen atoms in total. The summed E-state index contributed by atoms with van der Waals surface area (Å²) in [4.78, 5) is 22.8. The molecule has 31 heavy (non-hydrogen) atoms. The number of aryl methyl sites for hydroxylation is 1. The average Bonchev–Trinajstić information content (AvgIpc) is 3.19. The molecule has 0 radical (unpaired) electrons. The first-order valence-electron chi connectivity index (χ1n) is 11.9. The van der Waals surface area contributed by atoms with E-state index in [1.807, 2.05) is 31.3 Å². The molecule has 3 heterocycles. The van der Waals surface area contributed by atoms with E-state index in [9.17, 15) is 4.79 Å². The van der Waals surface area contributed by atoms with E-state index in [0.29, 0.717) is 5.92 Å². The van der Waals surface area contributed by atoms with Crippen molar-refractivity contribution in [2.75, 3.05) is 19.6 Å². The summed E-state index contributed by atoms with van der Waals surface area (Å²) in [7, 11) is 0. The minimum atomic E-state index is -0.151. The predicted octanol–water partition coefficient (Wildman–Crippen LogP) is 4.57. The molecule has 1 aromatic carbocycles. The van der Waals surface area contributed by atoms with Crippen molar-refractivity contribution < 1.29 is 0 Å². The van der Waals surface area contributed by atoms with Crippen LogP contribution in [0.2, 0.25) is 0 Å². The van der Waals surface area contributed by atoms with Crippen LogP contribution < -0.4 is 5.69 Å². The van der Waals surface area contributed by atoms with Crippen LogP contribution in [0, 0.1) is 12.8 Å². The SMILES string of the molecule is Cc1ccc2cnccc2c1-n1nc(C2CCCN(CCC3CCCCC3)C2)[nH]c1=O. The van der Waals surface area contributed by atoms with E-state index in [1.54, 1.807) is 10.9 Å². The standard InChI is InChI=1S/C25H33N5O/c1-18-9-10-20-16-26-13-11-22(20)23(18)30-25(31)27-24(28-30)21-8-5-14-29(17-21)15-12-19-6-3-2-4-7-19/h9-11,13,16,19,21H,2-8,12,14-15,17H2,1H3,(H,27,28,31). The molecular weight excluding hydrogens is 386 g/mol. The number of pyridine rings is 1. The molecule has 1 aliphatic heterocycles. The van der Waals surface area contributed by atoms with Crippen molar-refractivity contribution in [3.05, 3.63) is 52.5 Å². The first-order valence-corrected chi connectivity index (χ1v) is 11.9. The van der Waals surface area contributed by atoms with Gasteiger partial charge in [0, 0.05) is 35.6 Å². The van der Waals surface area contributed by atoms with Crippen molar-refractivity contribution >= 4 is 10.8 Å². The Morgan fingerprint density at radius 3 is 2.84 bits per heavy atom. The highest BCUT2D eigenvalue weighted by Crippen LogP contribution is 2.29. The Labute approximate surface area is 183 Å². The van der Waals surface area contributed by atoms with Gasteiger partial charge in [0.15, 0.2) is 0 Å². The molecule has 1 saturated heterocycles. The quantitative estimate of drug-likeness (QED) is 0.658. The van der Waals surface area contributed by atoms with E-state index in [0.717, 1.165) is 46.7 Å². The summed E-state index contributed by atoms with van der Waals surface area (Å²) in [6.45, 7) is 5.38. The predicted molar refractivity (Wildman–Crippen MR) is 124 cm³/mol. The maximum Gasteiger partial charge on any atom is 0.348 e. The van der Waals surface area contributed by atoms with Crippen molar-refractivity contribution in [1.82, 2.24) is 24.6 Å². The van der Waals surface area contributed by atoms with Crippen molar-refractivity contribution in [3.8, 4) is 5.69 Å². The van der Waals surface area contributed by atoms with Gasteiger partial charge in [0.1, 0.15) is 5.82 Å². The molecule has 1 aliphatic carbocycles. The summed E-state index contributed by atoms with van der Waals surface area (Å²) in [6.07, 6.45) is 14.3. The lowest BCUT2D eigenvalue weighted by Gasteiger charge is -2.33. The van der Waals surface area contributed by atoms with Crippen LogP contribution in [0.25, 0.3) is 16.5 Å². The summed E-state index contributed by atoms with van der Waals surface area (Å²) in [5.74, 6) is 2.04. The second-order valence-electron chi connectivity index (χ2n) is 9.49. The van der Waals surface area contributed by atoms with Crippen LogP contribution in [0.4, 0.5) is 0 Å². The van der Waals surface area contributed by atoms with Crippen molar-refractivity contribution in [1.29, 1.82) is 0 Å². The summed E-state index contributed by atoms with van der Waals surface area (Å²) >= 11 is 0. The maximum atomic E-state index is 12.9. The third kappa shape index (κ3) is 4.31. The van der Waals surface area contributed by atoms with Crippen LogP contribution in [-0.4, -0.2) is 44.3 Å². The number of hydrogen-bond donors (Lipinski definition) is 1. The van der Waals surface area contributed by atoms with E-state index in [2.05, 4.69) is 14.9 Å². The van der Waals surface area contributed by atoms with Crippen molar-refractivity contribution in [2.24, 2.45) is 5.92 Å². The van der Waals surface area contributed by atoms with Gasteiger partial charge in [0.25, 0.3) is 0 Å². The monoisotopic (exact) mass is 419 g/mol. The molecule has 3 aromatic rings. The molecule has 0 spiro atoms. The lowest BCUT2D eigenvalue weighted by atomic mass is 9.86. The van der Waals surface area contributed by atoms with E-state index in [-0.39, 0.29) is 5.69 Å². The van der Waals surface area contributed by atoms with Gasteiger partial charge in [-0.3, -0.25) is 9.97 Å². The number of aromatic nitrogens is 4. The lowest BCUT2D eigenvalue weighted by molar-refractivity contribution is 0.182. The third-order valence-corrected chi connectivity index (χ3v) is 7.31. The molecule has 2 fully saturated rings. The highest BCUT2D eigenvalue weighted by molar-refractivity contribution is 5.90. The fourth-order valence-electron chi connectivity index (χ4n) is 5.54. The van der Waals surface area contributed by atoms with Gasteiger partial charge in [-0.2, -0.15) is 4.68 Å². The smallest absolute Gasteiger partial charge is 0.303 e. The summed E-state index contributed by atoms with van der Waals surface area (Å²) in [6, 6.07) is 6.05. The molecule has 0 bridgehead atoms. The van der Waals surface area contributed by atoms with Gasteiger partial charge >= 0.3 is 5.69 Å². The molecular formula is C25H33N5O. The van der Waals surface area contributed by atoms with Crippen molar-refractivity contribution in [2.45, 2.75) is 64.2 Å². The number of likely N-dealkylation sites (tertiary alicyclic amines) is 1. The van der Waals surface area contributed by atoms with E-state index >= 15 is 0 Å². The van der Waals surface area contributed by atoms with E-state index in [4.69, 9.17) is 5.10 Å². The Morgan fingerprint density at radius 1 is 1.10 bits per heavy atom. The normalized spacial score (nSPS) is 21.0. The first kappa shape index (κ1) is 20.4. The molecule has 2 aliphatic rings. The Hall–Kier alpha value is -2.47. The zero-order valence-electron chi connectivity index (χ0n) is 18.5. The minimum absolute atomic E-state index is 0.151. The molecule has 1 unspecified atom stereocenters. The number of aromatic amines is 1. The van der Waals surface area contributed by atoms with Gasteiger partial charge in [-0.1, -0.05) is 44.2 Å². The number of fused-ring (bicyclic) bond motifs is 1. The Balaban J connectivity index is 1.35. The number of nitrogens with zero attached hydrogens (tertiary/aromatic N) is 4. The topological polar surface area (TPSA) is 66.8 Å². The fourth-order valence-corrected chi connectivity index (χ4v) is 5.54. The Bertz CT molecular complexity index is 1090. The molecule has 1 atom stereocenters. The highest BCUT2D eigenvalue weighted by Gasteiger charge is 2.26. The second-order valence-corrected chi connectivity index (χ2v) is 9.49. The Kier molecular flexibility index (Phi) is 5.90. The molecule has 2 aromatic heterocycles. The lowest BCUT2D eigenvalue weighted by Crippen LogP contribution is -2.36. The van der Waals surface area contributed by atoms with E-state index in [1.165, 1.54) is 58.0 Å². The van der Waals surface area contributed by atoms with Crippen LogP contribution in [0.1, 0.15) is 68.7 Å². The molecule has 0 amide bonds. The number of H-pyrrole nitrogens is 1. The van der Waals surface area contributed by atoms with Crippen molar-refractivity contribution in [3.63, 3.8) is 0 Å². The number of benzene rings is 1. The molecule has 1 saturated carbocycles. The van der Waals surface area contributed by atoms with Gasteiger partial charge in [0.2, 0.25) is 0 Å². The maximum absolute atomic E-state index is 12.9. The van der Waals surface area contributed by atoms with Crippen LogP contribution >= 0.6 is 0 Å². The van der Waals surface area contributed by atoms with Gasteiger partial charge in [-0.15, -0.1) is 5.10 Å². The largest absolute Gasteiger partial charge is 0.348 e. The Morgan fingerprint density at radius 2 is 1.97 bits per heavy atom. The molecule has 1 N–H and O–H groups in total. The number of nitrogens with one attached hydrogen (secondary N) is 1. The summed E-state index contributed by atoms with van der Waals surface area (Å²) < 4.78 is 1.56. The first-order chi connectivity index (χ1) is 15.2. The fraction of sp³-hybridized carbons (Fsp3) is 0.560. The van der Waals surface area contributed by atoms with Crippen LogP contribution in [-0.2, 0) is 0 Å². The third-order valence-electron chi connectivity index (χ3n) is 7.31. The summed E-state index contributed by atoms with van der Waals surface area (Å²) in [5, 5.41) is 6.83. The second kappa shape index (κ2) is 8.95. The van der Waals surface area contributed by atoms with Gasteiger partial charge in [-0.25, -0.2) is 4.79 Å². The number of piperidine rings is 1.